The molecule has 0 radical (unpaired) electrons. The molecule has 11 heteroatoms. The summed E-state index contributed by atoms with van der Waals surface area (Å²) in [6.45, 7) is 3.62. The van der Waals surface area contributed by atoms with E-state index in [4.69, 9.17) is 0 Å². The highest BCUT2D eigenvalue weighted by Crippen LogP contribution is 2.24. The number of nitrogens with zero attached hydrogens (tertiary/aromatic N) is 3. The average Bonchev–Trinajstić information content (AvgIpc) is 3.40. The van der Waals surface area contributed by atoms with E-state index < -0.39 is 10.0 Å². The number of hydrogen-bond donors (Lipinski definition) is 2. The van der Waals surface area contributed by atoms with Crippen molar-refractivity contribution >= 4 is 49.1 Å². The minimum Gasteiger partial charge on any atom is -0.322 e. The number of fused-ring (bicyclic) bond motifs is 1. The standard InChI is InChI=1S/C25H20FN5O3S2/c1-15-14-35-25(27-15)30-36(33,34)21-10-6-19(7-11-21)29-24(32)17-3-12-22-23(13-17)31(16(2)28-22)20-8-4-18(26)5-9-20/h3-14H,1-2H3,(H,27,30)(H,29,32). The average molecular weight is 522 g/mol. The molecule has 1 amide bonds. The first-order chi connectivity index (χ1) is 17.2. The summed E-state index contributed by atoms with van der Waals surface area (Å²) in [5.41, 5.74) is 3.69. The van der Waals surface area contributed by atoms with Crippen LogP contribution in [0.4, 0.5) is 15.2 Å². The van der Waals surface area contributed by atoms with Gasteiger partial charge in [0.25, 0.3) is 15.9 Å². The van der Waals surface area contributed by atoms with Crippen LogP contribution in [-0.2, 0) is 10.0 Å². The fourth-order valence-corrected chi connectivity index (χ4v) is 5.69. The number of rotatable bonds is 6. The number of thiazole rings is 1. The third-order valence-corrected chi connectivity index (χ3v) is 7.79. The van der Waals surface area contributed by atoms with Crippen LogP contribution in [0, 0.1) is 19.7 Å². The van der Waals surface area contributed by atoms with Crippen LogP contribution in [0.25, 0.3) is 16.7 Å². The van der Waals surface area contributed by atoms with Gasteiger partial charge in [-0.05, 0) is 80.6 Å². The van der Waals surface area contributed by atoms with Crippen LogP contribution in [0.3, 0.4) is 0 Å². The van der Waals surface area contributed by atoms with Crippen molar-refractivity contribution in [2.75, 3.05) is 10.0 Å². The zero-order valence-electron chi connectivity index (χ0n) is 19.2. The number of aromatic nitrogens is 3. The van der Waals surface area contributed by atoms with E-state index in [2.05, 4.69) is 20.0 Å². The lowest BCUT2D eigenvalue weighted by molar-refractivity contribution is 0.102. The van der Waals surface area contributed by atoms with Crippen LogP contribution in [-0.4, -0.2) is 28.9 Å². The molecule has 0 saturated carbocycles. The summed E-state index contributed by atoms with van der Waals surface area (Å²) in [7, 11) is -3.80. The maximum atomic E-state index is 13.4. The summed E-state index contributed by atoms with van der Waals surface area (Å²) in [4.78, 5) is 21.6. The fourth-order valence-electron chi connectivity index (χ4n) is 3.75. The van der Waals surface area contributed by atoms with Crippen molar-refractivity contribution in [1.29, 1.82) is 0 Å². The summed E-state index contributed by atoms with van der Waals surface area (Å²) in [6, 6.07) is 17.0. The Hall–Kier alpha value is -4.09. The van der Waals surface area contributed by atoms with Crippen LogP contribution in [0.2, 0.25) is 0 Å². The normalized spacial score (nSPS) is 11.5. The highest BCUT2D eigenvalue weighted by molar-refractivity contribution is 7.93. The lowest BCUT2D eigenvalue weighted by Crippen LogP contribution is -2.14. The molecule has 0 bridgehead atoms. The summed E-state index contributed by atoms with van der Waals surface area (Å²) >= 11 is 1.20. The Labute approximate surface area is 210 Å². The van der Waals surface area contributed by atoms with E-state index >= 15 is 0 Å². The molecule has 5 rings (SSSR count). The molecule has 2 N–H and O–H groups in total. The first-order valence-electron chi connectivity index (χ1n) is 10.8. The van der Waals surface area contributed by atoms with Crippen molar-refractivity contribution in [3.8, 4) is 5.69 Å². The molecule has 2 aromatic heterocycles. The molecule has 2 heterocycles. The second-order valence-electron chi connectivity index (χ2n) is 8.05. The molecule has 5 aromatic rings. The Kier molecular flexibility index (Phi) is 6.02. The molecule has 182 valence electrons. The van der Waals surface area contributed by atoms with E-state index in [-0.39, 0.29) is 21.8 Å². The lowest BCUT2D eigenvalue weighted by atomic mass is 10.1. The molecule has 0 fully saturated rings. The van der Waals surface area contributed by atoms with Crippen LogP contribution in [0.5, 0.6) is 0 Å². The number of aryl methyl sites for hydroxylation is 2. The van der Waals surface area contributed by atoms with Gasteiger partial charge in [0.2, 0.25) is 0 Å². The quantitative estimate of drug-likeness (QED) is 0.316. The highest BCUT2D eigenvalue weighted by atomic mass is 32.2. The molecule has 0 atom stereocenters. The molecule has 0 saturated heterocycles. The van der Waals surface area contributed by atoms with Gasteiger partial charge in [0, 0.05) is 22.3 Å². The van der Waals surface area contributed by atoms with Gasteiger partial charge in [-0.15, -0.1) is 11.3 Å². The number of carbonyl (C=O) groups is 1. The molecule has 0 aliphatic carbocycles. The van der Waals surface area contributed by atoms with Crippen LogP contribution in [0.15, 0.2) is 77.0 Å². The van der Waals surface area contributed by atoms with Gasteiger partial charge in [-0.2, -0.15) is 0 Å². The van der Waals surface area contributed by atoms with Crippen molar-refractivity contribution in [3.05, 3.63) is 95.0 Å². The molecule has 0 unspecified atom stereocenters. The zero-order chi connectivity index (χ0) is 25.4. The van der Waals surface area contributed by atoms with Gasteiger partial charge in [-0.25, -0.2) is 22.8 Å². The maximum Gasteiger partial charge on any atom is 0.263 e. The number of halogens is 1. The third-order valence-electron chi connectivity index (χ3n) is 5.43. The van der Waals surface area contributed by atoms with Gasteiger partial charge < -0.3 is 5.32 Å². The van der Waals surface area contributed by atoms with E-state index in [1.165, 1.54) is 47.7 Å². The minimum absolute atomic E-state index is 0.0495. The molecule has 0 aliphatic rings. The highest BCUT2D eigenvalue weighted by Gasteiger charge is 2.17. The van der Waals surface area contributed by atoms with Gasteiger partial charge in [0.15, 0.2) is 5.13 Å². The van der Waals surface area contributed by atoms with E-state index in [0.717, 1.165) is 11.4 Å². The van der Waals surface area contributed by atoms with Gasteiger partial charge in [0.05, 0.1) is 21.6 Å². The van der Waals surface area contributed by atoms with Crippen molar-refractivity contribution < 1.29 is 17.6 Å². The fraction of sp³-hybridized carbons (Fsp3) is 0.0800. The predicted octanol–water partition coefficient (Wildman–Crippen LogP) is 5.29. The number of benzene rings is 3. The number of imidazole rings is 1. The largest absolute Gasteiger partial charge is 0.322 e. The lowest BCUT2D eigenvalue weighted by Gasteiger charge is -2.09. The van der Waals surface area contributed by atoms with Gasteiger partial charge in [-0.1, -0.05) is 0 Å². The second-order valence-corrected chi connectivity index (χ2v) is 10.6. The first kappa shape index (κ1) is 23.6. The second kappa shape index (κ2) is 9.17. The first-order valence-corrected chi connectivity index (χ1v) is 13.2. The van der Waals surface area contributed by atoms with Crippen molar-refractivity contribution in [2.45, 2.75) is 18.7 Å². The molecular formula is C25H20FN5O3S2. The number of anilines is 2. The Morgan fingerprint density at radius 2 is 1.69 bits per heavy atom. The molecule has 0 aliphatic heterocycles. The number of carbonyl (C=O) groups excluding carboxylic acids is 1. The van der Waals surface area contributed by atoms with Crippen molar-refractivity contribution in [2.24, 2.45) is 0 Å². The van der Waals surface area contributed by atoms with E-state index in [0.29, 0.717) is 28.1 Å². The Morgan fingerprint density at radius 3 is 2.36 bits per heavy atom. The minimum atomic E-state index is -3.80. The topological polar surface area (TPSA) is 106 Å². The Bertz CT molecular complexity index is 1690. The van der Waals surface area contributed by atoms with Gasteiger partial charge in [-0.3, -0.25) is 14.1 Å². The van der Waals surface area contributed by atoms with E-state index in [1.807, 2.05) is 11.5 Å². The SMILES string of the molecule is Cc1csc(NS(=O)(=O)c2ccc(NC(=O)c3ccc4nc(C)n(-c5ccc(F)cc5)c4c3)cc2)n1. The Balaban J connectivity index is 1.37. The summed E-state index contributed by atoms with van der Waals surface area (Å²) in [5, 5.41) is 4.82. The molecule has 3 aromatic carbocycles. The monoisotopic (exact) mass is 521 g/mol. The van der Waals surface area contributed by atoms with E-state index in [1.54, 1.807) is 42.6 Å². The number of nitrogens with one attached hydrogen (secondary N) is 2. The number of hydrogen-bond acceptors (Lipinski definition) is 6. The van der Waals surface area contributed by atoms with Crippen LogP contribution in [0.1, 0.15) is 21.9 Å². The number of amides is 1. The summed E-state index contributed by atoms with van der Waals surface area (Å²) < 4.78 is 42.9. The molecular weight excluding hydrogens is 501 g/mol. The van der Waals surface area contributed by atoms with Crippen LogP contribution < -0.4 is 10.0 Å². The van der Waals surface area contributed by atoms with E-state index in [9.17, 15) is 17.6 Å². The Morgan fingerprint density at radius 1 is 0.972 bits per heavy atom. The molecule has 0 spiro atoms. The third kappa shape index (κ3) is 4.70. The maximum absolute atomic E-state index is 13.4. The van der Waals surface area contributed by atoms with Crippen LogP contribution >= 0.6 is 11.3 Å². The molecule has 36 heavy (non-hydrogen) atoms. The molecule has 8 nitrogen and oxygen atoms in total. The summed E-state index contributed by atoms with van der Waals surface area (Å²) in [6.07, 6.45) is 0. The van der Waals surface area contributed by atoms with Gasteiger partial charge >= 0.3 is 0 Å². The van der Waals surface area contributed by atoms with Crippen molar-refractivity contribution in [3.63, 3.8) is 0 Å². The zero-order valence-corrected chi connectivity index (χ0v) is 20.8. The summed E-state index contributed by atoms with van der Waals surface area (Å²) in [5.74, 6) is -0.00494. The predicted molar refractivity (Wildman–Crippen MR) is 138 cm³/mol. The smallest absolute Gasteiger partial charge is 0.263 e. The van der Waals surface area contributed by atoms with Crippen molar-refractivity contribution in [1.82, 2.24) is 14.5 Å². The number of sulfonamides is 1. The van der Waals surface area contributed by atoms with Gasteiger partial charge in [0.1, 0.15) is 11.6 Å².